The number of ether oxygens (including phenoxy) is 1. The summed E-state index contributed by atoms with van der Waals surface area (Å²) >= 11 is 0. The first kappa shape index (κ1) is 26.0. The van der Waals surface area contributed by atoms with E-state index >= 15 is 0 Å². The zero-order chi connectivity index (χ0) is 25.8. The molecule has 0 saturated carbocycles. The summed E-state index contributed by atoms with van der Waals surface area (Å²) in [6.45, 7) is 1.47. The molecule has 0 aliphatic heterocycles. The fraction of sp³-hybridized carbons (Fsp3) is 0.208. The molecule has 11 heteroatoms. The summed E-state index contributed by atoms with van der Waals surface area (Å²) in [5, 5.41) is 2.66. The second kappa shape index (κ2) is 10.4. The van der Waals surface area contributed by atoms with Crippen LogP contribution in [0.1, 0.15) is 6.92 Å². The highest BCUT2D eigenvalue weighted by molar-refractivity contribution is 7.92. The van der Waals surface area contributed by atoms with Crippen molar-refractivity contribution in [3.05, 3.63) is 78.9 Å². The average Bonchev–Trinajstić information content (AvgIpc) is 2.79. The van der Waals surface area contributed by atoms with Gasteiger partial charge < -0.3 is 10.1 Å². The highest BCUT2D eigenvalue weighted by Crippen LogP contribution is 2.27. The van der Waals surface area contributed by atoms with Gasteiger partial charge in [-0.1, -0.05) is 24.3 Å². The number of nitrogens with zero attached hydrogens (tertiary/aromatic N) is 2. The number of hydrogen-bond donors (Lipinski definition) is 1. The van der Waals surface area contributed by atoms with Crippen molar-refractivity contribution in [2.24, 2.45) is 0 Å². The summed E-state index contributed by atoms with van der Waals surface area (Å²) in [7, 11) is -5.91. The van der Waals surface area contributed by atoms with Crippen molar-refractivity contribution in [3.8, 4) is 11.5 Å². The Bertz CT molecular complexity index is 1390. The lowest BCUT2D eigenvalue weighted by atomic mass is 10.2. The number of nitrogens with one attached hydrogen (secondary N) is 1. The Hall–Kier alpha value is -3.57. The third kappa shape index (κ3) is 6.74. The number of anilines is 3. The molecule has 0 aliphatic rings. The van der Waals surface area contributed by atoms with Crippen LogP contribution in [0.2, 0.25) is 0 Å². The molecular weight excluding hydrogens is 490 g/mol. The first-order chi connectivity index (χ1) is 16.4. The fourth-order valence-corrected chi connectivity index (χ4v) is 4.98. The predicted octanol–water partition coefficient (Wildman–Crippen LogP) is 3.67. The number of rotatable bonds is 9. The van der Waals surface area contributed by atoms with Crippen LogP contribution in [0.15, 0.2) is 78.9 Å². The molecule has 0 fully saturated rings. The van der Waals surface area contributed by atoms with Crippen LogP contribution in [0.4, 0.5) is 17.1 Å². The molecule has 1 atom stereocenters. The second-order valence-electron chi connectivity index (χ2n) is 7.91. The Balaban J connectivity index is 1.81. The van der Waals surface area contributed by atoms with Gasteiger partial charge in [-0.3, -0.25) is 13.4 Å². The van der Waals surface area contributed by atoms with Gasteiger partial charge >= 0.3 is 0 Å². The SMILES string of the molecule is C[C@H](C(=O)Nc1cccc(N(C)S(C)(=O)=O)c1)N(c1ccc(Oc2ccccc2)cc1)S(C)(=O)=O. The zero-order valence-corrected chi connectivity index (χ0v) is 21.4. The molecule has 3 aromatic rings. The summed E-state index contributed by atoms with van der Waals surface area (Å²) in [5.74, 6) is 0.563. The third-order valence-electron chi connectivity index (χ3n) is 5.13. The van der Waals surface area contributed by atoms with Crippen LogP contribution in [0, 0.1) is 0 Å². The number of benzene rings is 3. The smallest absolute Gasteiger partial charge is 0.247 e. The lowest BCUT2D eigenvalue weighted by molar-refractivity contribution is -0.116. The van der Waals surface area contributed by atoms with E-state index in [0.717, 1.165) is 21.1 Å². The third-order valence-corrected chi connectivity index (χ3v) is 7.58. The summed E-state index contributed by atoms with van der Waals surface area (Å²) in [5.41, 5.74) is 0.975. The van der Waals surface area contributed by atoms with Crippen molar-refractivity contribution in [3.63, 3.8) is 0 Å². The molecule has 3 rings (SSSR count). The second-order valence-corrected chi connectivity index (χ2v) is 11.8. The van der Waals surface area contributed by atoms with E-state index in [1.165, 1.54) is 20.0 Å². The van der Waals surface area contributed by atoms with Gasteiger partial charge in [-0.05, 0) is 61.5 Å². The van der Waals surface area contributed by atoms with Crippen molar-refractivity contribution >= 4 is 43.0 Å². The predicted molar refractivity (Wildman–Crippen MR) is 138 cm³/mol. The monoisotopic (exact) mass is 517 g/mol. The normalized spacial score (nSPS) is 12.5. The first-order valence-electron chi connectivity index (χ1n) is 10.5. The van der Waals surface area contributed by atoms with Crippen molar-refractivity contribution in [2.45, 2.75) is 13.0 Å². The summed E-state index contributed by atoms with van der Waals surface area (Å²) in [6, 6.07) is 20.7. The summed E-state index contributed by atoms with van der Waals surface area (Å²) in [4.78, 5) is 13.0. The van der Waals surface area contributed by atoms with Gasteiger partial charge in [0.05, 0.1) is 23.9 Å². The Kier molecular flexibility index (Phi) is 7.71. The maximum Gasteiger partial charge on any atom is 0.247 e. The molecule has 9 nitrogen and oxygen atoms in total. The van der Waals surface area contributed by atoms with E-state index in [9.17, 15) is 21.6 Å². The molecule has 0 saturated heterocycles. The molecule has 0 aliphatic carbocycles. The van der Waals surface area contributed by atoms with Gasteiger partial charge in [0.2, 0.25) is 26.0 Å². The van der Waals surface area contributed by atoms with Crippen molar-refractivity contribution < 1.29 is 26.4 Å². The average molecular weight is 518 g/mol. The summed E-state index contributed by atoms with van der Waals surface area (Å²) in [6.07, 6.45) is 2.09. The lowest BCUT2D eigenvalue weighted by Crippen LogP contribution is -2.45. The van der Waals surface area contributed by atoms with E-state index in [2.05, 4.69) is 5.32 Å². The van der Waals surface area contributed by atoms with Crippen molar-refractivity contribution in [2.75, 3.05) is 33.5 Å². The maximum atomic E-state index is 13.0. The van der Waals surface area contributed by atoms with E-state index in [1.54, 1.807) is 54.6 Å². The molecule has 35 heavy (non-hydrogen) atoms. The molecule has 0 unspecified atom stereocenters. The number of hydrogen-bond acceptors (Lipinski definition) is 6. The van der Waals surface area contributed by atoms with Gasteiger partial charge in [0, 0.05) is 12.7 Å². The number of amides is 1. The van der Waals surface area contributed by atoms with Crippen molar-refractivity contribution in [1.29, 1.82) is 0 Å². The van der Waals surface area contributed by atoms with Crippen LogP contribution in [0.25, 0.3) is 0 Å². The molecule has 186 valence electrons. The zero-order valence-electron chi connectivity index (χ0n) is 19.7. The number of carbonyl (C=O) groups is 1. The van der Waals surface area contributed by atoms with Crippen LogP contribution < -0.4 is 18.7 Å². The van der Waals surface area contributed by atoms with Crippen LogP contribution >= 0.6 is 0 Å². The molecular formula is C24H27N3O6S2. The van der Waals surface area contributed by atoms with Crippen LogP contribution in [-0.2, 0) is 24.8 Å². The molecule has 3 aromatic carbocycles. The minimum atomic E-state index is -3.82. The summed E-state index contributed by atoms with van der Waals surface area (Å²) < 4.78 is 56.7. The van der Waals surface area contributed by atoms with Gasteiger partial charge in [-0.25, -0.2) is 16.8 Å². The molecule has 1 N–H and O–H groups in total. The largest absolute Gasteiger partial charge is 0.457 e. The topological polar surface area (TPSA) is 113 Å². The quantitative estimate of drug-likeness (QED) is 0.463. The molecule has 1 amide bonds. The van der Waals surface area contributed by atoms with E-state index in [-0.39, 0.29) is 0 Å². The van der Waals surface area contributed by atoms with Crippen LogP contribution in [0.3, 0.4) is 0 Å². The van der Waals surface area contributed by atoms with Gasteiger partial charge in [0.1, 0.15) is 17.5 Å². The molecule has 0 radical (unpaired) electrons. The number of para-hydroxylation sites is 1. The van der Waals surface area contributed by atoms with Gasteiger partial charge in [0.25, 0.3) is 0 Å². The molecule has 0 heterocycles. The fourth-order valence-electron chi connectivity index (χ4n) is 3.31. The Morgan fingerprint density at radius 2 is 1.40 bits per heavy atom. The molecule has 0 spiro atoms. The van der Waals surface area contributed by atoms with E-state index < -0.39 is 32.0 Å². The Morgan fingerprint density at radius 1 is 0.800 bits per heavy atom. The first-order valence-corrected chi connectivity index (χ1v) is 14.2. The van der Waals surface area contributed by atoms with Gasteiger partial charge in [-0.2, -0.15) is 0 Å². The minimum Gasteiger partial charge on any atom is -0.457 e. The molecule has 0 bridgehead atoms. The minimum absolute atomic E-state index is 0.293. The maximum absolute atomic E-state index is 13.0. The van der Waals surface area contributed by atoms with Crippen molar-refractivity contribution in [1.82, 2.24) is 0 Å². The van der Waals surface area contributed by atoms with Crippen LogP contribution in [0.5, 0.6) is 11.5 Å². The number of carbonyl (C=O) groups excluding carboxylic acids is 1. The van der Waals surface area contributed by atoms with Gasteiger partial charge in [-0.15, -0.1) is 0 Å². The Labute approximate surface area is 206 Å². The number of sulfonamides is 2. The highest BCUT2D eigenvalue weighted by atomic mass is 32.2. The standard InChI is InChI=1S/C24H27N3O6S2/c1-18(24(28)25-19-9-8-10-21(17-19)26(2)34(3,29)30)27(35(4,31)32)20-13-15-23(16-14-20)33-22-11-6-5-7-12-22/h5-18H,1-4H3,(H,25,28)/t18-/m1/s1. The molecule has 0 aromatic heterocycles. The Morgan fingerprint density at radius 3 is 1.97 bits per heavy atom. The van der Waals surface area contributed by atoms with Crippen LogP contribution in [-0.4, -0.2) is 48.3 Å². The van der Waals surface area contributed by atoms with E-state index in [4.69, 9.17) is 4.74 Å². The highest BCUT2D eigenvalue weighted by Gasteiger charge is 2.29. The lowest BCUT2D eigenvalue weighted by Gasteiger charge is -2.28. The van der Waals surface area contributed by atoms with Gasteiger partial charge in [0.15, 0.2) is 0 Å². The van der Waals surface area contributed by atoms with E-state index in [1.807, 2.05) is 18.2 Å². The van der Waals surface area contributed by atoms with E-state index in [0.29, 0.717) is 28.6 Å².